The summed E-state index contributed by atoms with van der Waals surface area (Å²) in [6.45, 7) is 5.37. The number of nitrogens with one attached hydrogen (secondary N) is 1. The average Bonchev–Trinajstić information content (AvgIpc) is 2.82. The van der Waals surface area contributed by atoms with Crippen molar-refractivity contribution in [3.8, 4) is 0 Å². The SMILES string of the molecule is Cc1ccc(CNC(=O)C(C)(O)C2CCOCC2)s1. The Balaban J connectivity index is 1.90. The van der Waals surface area contributed by atoms with E-state index in [1.54, 1.807) is 18.3 Å². The molecule has 1 aromatic heterocycles. The number of hydrogen-bond acceptors (Lipinski definition) is 4. The molecular formula is C14H21NO3S. The Labute approximate surface area is 117 Å². The minimum absolute atomic E-state index is 0.0219. The molecule has 0 bridgehead atoms. The highest BCUT2D eigenvalue weighted by atomic mass is 32.1. The van der Waals surface area contributed by atoms with E-state index in [1.165, 1.54) is 4.88 Å². The van der Waals surface area contributed by atoms with Gasteiger partial charge in [0.05, 0.1) is 6.54 Å². The smallest absolute Gasteiger partial charge is 0.252 e. The van der Waals surface area contributed by atoms with Gasteiger partial charge in [0.2, 0.25) is 0 Å². The molecule has 5 heteroatoms. The monoisotopic (exact) mass is 283 g/mol. The van der Waals surface area contributed by atoms with Crippen molar-refractivity contribution in [3.63, 3.8) is 0 Å². The molecule has 0 aromatic carbocycles. The van der Waals surface area contributed by atoms with Crippen molar-refractivity contribution in [3.05, 3.63) is 21.9 Å². The lowest BCUT2D eigenvalue weighted by molar-refractivity contribution is -0.147. The lowest BCUT2D eigenvalue weighted by Gasteiger charge is -2.34. The van der Waals surface area contributed by atoms with Crippen LogP contribution in [-0.2, 0) is 16.1 Å². The van der Waals surface area contributed by atoms with Gasteiger partial charge in [0.15, 0.2) is 0 Å². The molecule has 0 radical (unpaired) electrons. The van der Waals surface area contributed by atoms with Crippen LogP contribution in [0.5, 0.6) is 0 Å². The number of thiophene rings is 1. The summed E-state index contributed by atoms with van der Waals surface area (Å²) in [6.07, 6.45) is 1.47. The fourth-order valence-corrected chi connectivity index (χ4v) is 3.20. The van der Waals surface area contributed by atoms with Gasteiger partial charge >= 0.3 is 0 Å². The first-order valence-corrected chi connectivity index (χ1v) is 7.45. The lowest BCUT2D eigenvalue weighted by atomic mass is 9.82. The van der Waals surface area contributed by atoms with Gasteiger partial charge in [0.1, 0.15) is 5.60 Å². The standard InChI is InChI=1S/C14H21NO3S/c1-10-3-4-12(19-10)9-15-13(16)14(2,17)11-5-7-18-8-6-11/h3-4,11,17H,5-9H2,1-2H3,(H,15,16). The highest BCUT2D eigenvalue weighted by molar-refractivity contribution is 7.11. The summed E-state index contributed by atoms with van der Waals surface area (Å²) in [4.78, 5) is 14.5. The highest BCUT2D eigenvalue weighted by Crippen LogP contribution is 2.27. The number of aliphatic hydroxyl groups is 1. The van der Waals surface area contributed by atoms with Crippen molar-refractivity contribution < 1.29 is 14.6 Å². The maximum Gasteiger partial charge on any atom is 0.252 e. The summed E-state index contributed by atoms with van der Waals surface area (Å²) < 4.78 is 5.27. The molecule has 2 rings (SSSR count). The van der Waals surface area contributed by atoms with Crippen molar-refractivity contribution >= 4 is 17.2 Å². The maximum atomic E-state index is 12.1. The minimum atomic E-state index is -1.31. The zero-order chi connectivity index (χ0) is 13.9. The van der Waals surface area contributed by atoms with Gasteiger partial charge in [-0.2, -0.15) is 0 Å². The average molecular weight is 283 g/mol. The van der Waals surface area contributed by atoms with Crippen LogP contribution >= 0.6 is 11.3 Å². The summed E-state index contributed by atoms with van der Waals surface area (Å²) in [5.74, 6) is -0.309. The summed E-state index contributed by atoms with van der Waals surface area (Å²) in [6, 6.07) is 4.03. The summed E-state index contributed by atoms with van der Waals surface area (Å²) >= 11 is 1.66. The van der Waals surface area contributed by atoms with Crippen molar-refractivity contribution in [2.75, 3.05) is 13.2 Å². The van der Waals surface area contributed by atoms with Gasteiger partial charge in [-0.15, -0.1) is 11.3 Å². The number of ether oxygens (including phenoxy) is 1. The molecule has 19 heavy (non-hydrogen) atoms. The summed E-state index contributed by atoms with van der Waals surface area (Å²) in [5.41, 5.74) is -1.31. The Hall–Kier alpha value is -0.910. The van der Waals surface area contributed by atoms with E-state index in [2.05, 4.69) is 5.32 Å². The lowest BCUT2D eigenvalue weighted by Crippen LogP contribution is -2.51. The Morgan fingerprint density at radius 3 is 2.79 bits per heavy atom. The van der Waals surface area contributed by atoms with Gasteiger partial charge in [-0.25, -0.2) is 0 Å². The van der Waals surface area contributed by atoms with E-state index in [0.717, 1.165) is 17.7 Å². The molecule has 1 saturated heterocycles. The van der Waals surface area contributed by atoms with Crippen LogP contribution in [0, 0.1) is 12.8 Å². The second kappa shape index (κ2) is 6.03. The Kier molecular flexibility index (Phi) is 4.60. The van der Waals surface area contributed by atoms with E-state index < -0.39 is 5.60 Å². The molecule has 0 spiro atoms. The first-order chi connectivity index (χ1) is 9.00. The van der Waals surface area contributed by atoms with Gasteiger partial charge < -0.3 is 15.2 Å². The van der Waals surface area contributed by atoms with Crippen molar-refractivity contribution in [1.82, 2.24) is 5.32 Å². The zero-order valence-corrected chi connectivity index (χ0v) is 12.3. The van der Waals surface area contributed by atoms with E-state index in [-0.39, 0.29) is 11.8 Å². The summed E-state index contributed by atoms with van der Waals surface area (Å²) in [7, 11) is 0. The molecule has 1 aliphatic heterocycles. The quantitative estimate of drug-likeness (QED) is 0.886. The molecule has 1 atom stereocenters. The van der Waals surface area contributed by atoms with E-state index in [9.17, 15) is 9.90 Å². The van der Waals surface area contributed by atoms with E-state index in [4.69, 9.17) is 4.74 Å². The molecular weight excluding hydrogens is 262 g/mol. The minimum Gasteiger partial charge on any atom is -0.381 e. The van der Waals surface area contributed by atoms with E-state index >= 15 is 0 Å². The number of carbonyl (C=O) groups is 1. The first-order valence-electron chi connectivity index (χ1n) is 6.64. The van der Waals surface area contributed by atoms with Crippen LogP contribution in [0.4, 0.5) is 0 Å². The Morgan fingerprint density at radius 2 is 2.21 bits per heavy atom. The highest BCUT2D eigenvalue weighted by Gasteiger charge is 2.39. The topological polar surface area (TPSA) is 58.6 Å². The van der Waals surface area contributed by atoms with E-state index in [0.29, 0.717) is 19.8 Å². The molecule has 2 heterocycles. The largest absolute Gasteiger partial charge is 0.381 e. The fourth-order valence-electron chi connectivity index (χ4n) is 2.37. The van der Waals surface area contributed by atoms with Crippen LogP contribution in [0.2, 0.25) is 0 Å². The van der Waals surface area contributed by atoms with Gasteiger partial charge in [-0.1, -0.05) is 0 Å². The molecule has 1 amide bonds. The number of hydrogen-bond donors (Lipinski definition) is 2. The fraction of sp³-hybridized carbons (Fsp3) is 0.643. The molecule has 2 N–H and O–H groups in total. The molecule has 0 aliphatic carbocycles. The van der Waals surface area contributed by atoms with Crippen LogP contribution in [0.15, 0.2) is 12.1 Å². The molecule has 1 unspecified atom stereocenters. The van der Waals surface area contributed by atoms with Crippen molar-refractivity contribution in [1.29, 1.82) is 0 Å². The van der Waals surface area contributed by atoms with Crippen LogP contribution < -0.4 is 5.32 Å². The zero-order valence-electron chi connectivity index (χ0n) is 11.4. The summed E-state index contributed by atoms with van der Waals surface area (Å²) in [5, 5.41) is 13.3. The number of carbonyl (C=O) groups excluding carboxylic acids is 1. The van der Waals surface area contributed by atoms with Gasteiger partial charge in [0.25, 0.3) is 5.91 Å². The van der Waals surface area contributed by atoms with E-state index in [1.807, 2.05) is 19.1 Å². The molecule has 1 fully saturated rings. The molecule has 0 saturated carbocycles. The Bertz CT molecular complexity index is 436. The molecule has 106 valence electrons. The van der Waals surface area contributed by atoms with Crippen LogP contribution in [0.3, 0.4) is 0 Å². The van der Waals surface area contributed by atoms with Gasteiger partial charge in [-0.05, 0) is 38.8 Å². The van der Waals surface area contributed by atoms with Crippen molar-refractivity contribution in [2.24, 2.45) is 5.92 Å². The van der Waals surface area contributed by atoms with Crippen molar-refractivity contribution in [2.45, 2.75) is 38.8 Å². The number of rotatable bonds is 4. The predicted molar refractivity (Wildman–Crippen MR) is 75.1 cm³/mol. The van der Waals surface area contributed by atoms with Crippen LogP contribution in [0.25, 0.3) is 0 Å². The molecule has 1 aromatic rings. The third-order valence-electron chi connectivity index (χ3n) is 3.70. The molecule has 1 aliphatic rings. The third-order valence-corrected chi connectivity index (χ3v) is 4.70. The van der Waals surface area contributed by atoms with Crippen LogP contribution in [-0.4, -0.2) is 29.8 Å². The normalized spacial score (nSPS) is 19.9. The second-order valence-corrected chi connectivity index (χ2v) is 6.60. The second-order valence-electron chi connectivity index (χ2n) is 5.23. The predicted octanol–water partition coefficient (Wildman–Crippen LogP) is 1.85. The maximum absolute atomic E-state index is 12.1. The number of amides is 1. The van der Waals surface area contributed by atoms with Crippen LogP contribution in [0.1, 0.15) is 29.5 Å². The molecule has 4 nitrogen and oxygen atoms in total. The first kappa shape index (κ1) is 14.5. The van der Waals surface area contributed by atoms with Gasteiger partial charge in [-0.3, -0.25) is 4.79 Å². The third kappa shape index (κ3) is 3.55. The Morgan fingerprint density at radius 1 is 1.53 bits per heavy atom. The van der Waals surface area contributed by atoms with Gasteiger partial charge in [0, 0.05) is 28.9 Å². The number of aryl methyl sites for hydroxylation is 1.